The van der Waals surface area contributed by atoms with Crippen LogP contribution in [0.15, 0.2) is 59.9 Å². The number of benzene rings is 2. The Labute approximate surface area is 141 Å². The summed E-state index contributed by atoms with van der Waals surface area (Å²) in [5.74, 6) is 0.737. The number of nitro benzene ring substituents is 1. The minimum atomic E-state index is -0.392. The van der Waals surface area contributed by atoms with Gasteiger partial charge in [-0.25, -0.2) is 4.98 Å². The number of thioether (sulfide) groups is 1. The fourth-order valence-electron chi connectivity index (χ4n) is 2.11. The third-order valence-corrected chi connectivity index (χ3v) is 4.44. The molecule has 0 saturated carbocycles. The van der Waals surface area contributed by atoms with E-state index >= 15 is 0 Å². The van der Waals surface area contributed by atoms with Gasteiger partial charge in [0, 0.05) is 16.8 Å². The number of hydrogen-bond donors (Lipinski definition) is 1. The second kappa shape index (κ2) is 6.85. The zero-order valence-electron chi connectivity index (χ0n) is 11.9. The standard InChI is InChI=1S/C16H12ClN3O2S/c17-12-7-5-11(6-8-12)10-23-16-18-9-14(19-16)13-3-1-2-4-15(13)20(21)22/h1-9H,10H2,(H,18,19). The number of aromatic nitrogens is 2. The Morgan fingerprint density at radius 3 is 2.65 bits per heavy atom. The average molecular weight is 346 g/mol. The van der Waals surface area contributed by atoms with Gasteiger partial charge >= 0.3 is 0 Å². The molecule has 1 N–H and O–H groups in total. The monoisotopic (exact) mass is 345 g/mol. The number of nitrogens with zero attached hydrogens (tertiary/aromatic N) is 2. The number of para-hydroxylation sites is 1. The number of aromatic amines is 1. The molecule has 0 aliphatic carbocycles. The predicted molar refractivity (Wildman–Crippen MR) is 91.7 cm³/mol. The average Bonchev–Trinajstić information content (AvgIpc) is 3.03. The maximum absolute atomic E-state index is 11.1. The van der Waals surface area contributed by atoms with Crippen molar-refractivity contribution in [3.63, 3.8) is 0 Å². The van der Waals surface area contributed by atoms with Gasteiger partial charge in [-0.3, -0.25) is 10.1 Å². The first-order valence-corrected chi connectivity index (χ1v) is 8.16. The van der Waals surface area contributed by atoms with E-state index in [4.69, 9.17) is 11.6 Å². The quantitative estimate of drug-likeness (QED) is 0.404. The SMILES string of the molecule is O=[N+]([O-])c1ccccc1-c1cnc(SCc2ccc(Cl)cc2)[nH]1. The minimum absolute atomic E-state index is 0.0606. The first kappa shape index (κ1) is 15.6. The highest BCUT2D eigenvalue weighted by Gasteiger charge is 2.16. The number of halogens is 1. The number of imidazole rings is 1. The molecule has 2 aromatic carbocycles. The van der Waals surface area contributed by atoms with Crippen molar-refractivity contribution in [2.24, 2.45) is 0 Å². The van der Waals surface area contributed by atoms with E-state index in [1.807, 2.05) is 24.3 Å². The molecule has 3 aromatic rings. The number of nitrogens with one attached hydrogen (secondary N) is 1. The Morgan fingerprint density at radius 2 is 1.91 bits per heavy atom. The van der Waals surface area contributed by atoms with Gasteiger partial charge in [0.15, 0.2) is 5.16 Å². The van der Waals surface area contributed by atoms with Gasteiger partial charge in [-0.2, -0.15) is 0 Å². The molecule has 0 atom stereocenters. The van der Waals surface area contributed by atoms with Crippen molar-refractivity contribution in [1.29, 1.82) is 0 Å². The van der Waals surface area contributed by atoms with Crippen LogP contribution in [0, 0.1) is 10.1 Å². The summed E-state index contributed by atoms with van der Waals surface area (Å²) >= 11 is 7.39. The van der Waals surface area contributed by atoms with E-state index in [2.05, 4.69) is 9.97 Å². The molecule has 3 rings (SSSR count). The van der Waals surface area contributed by atoms with E-state index in [-0.39, 0.29) is 5.69 Å². The third kappa shape index (κ3) is 3.72. The van der Waals surface area contributed by atoms with Crippen LogP contribution in [0.1, 0.15) is 5.56 Å². The molecule has 5 nitrogen and oxygen atoms in total. The molecule has 0 aliphatic rings. The first-order valence-electron chi connectivity index (χ1n) is 6.79. The van der Waals surface area contributed by atoms with Crippen LogP contribution in [0.2, 0.25) is 5.02 Å². The van der Waals surface area contributed by atoms with Crippen LogP contribution >= 0.6 is 23.4 Å². The molecule has 0 saturated heterocycles. The summed E-state index contributed by atoms with van der Waals surface area (Å²) in [6.07, 6.45) is 1.62. The maximum atomic E-state index is 11.1. The Balaban J connectivity index is 1.76. The summed E-state index contributed by atoms with van der Waals surface area (Å²) in [4.78, 5) is 18.1. The van der Waals surface area contributed by atoms with Crippen molar-refractivity contribution in [3.8, 4) is 11.3 Å². The van der Waals surface area contributed by atoms with Crippen molar-refractivity contribution < 1.29 is 4.92 Å². The summed E-state index contributed by atoms with van der Waals surface area (Å²) in [5.41, 5.74) is 2.35. The van der Waals surface area contributed by atoms with Gasteiger partial charge in [0.1, 0.15) is 0 Å². The number of rotatable bonds is 5. The summed E-state index contributed by atoms with van der Waals surface area (Å²) in [5, 5.41) is 12.5. The van der Waals surface area contributed by atoms with Crippen molar-refractivity contribution in [2.75, 3.05) is 0 Å². The predicted octanol–water partition coefficient (Wildman–Crippen LogP) is 4.93. The summed E-state index contributed by atoms with van der Waals surface area (Å²) in [6, 6.07) is 14.2. The maximum Gasteiger partial charge on any atom is 0.278 e. The van der Waals surface area contributed by atoms with E-state index in [0.29, 0.717) is 21.4 Å². The lowest BCUT2D eigenvalue weighted by atomic mass is 10.1. The Hall–Kier alpha value is -2.31. The van der Waals surface area contributed by atoms with Gasteiger partial charge in [0.25, 0.3) is 5.69 Å². The van der Waals surface area contributed by atoms with E-state index in [1.165, 1.54) is 17.8 Å². The minimum Gasteiger partial charge on any atom is -0.333 e. The van der Waals surface area contributed by atoms with E-state index in [9.17, 15) is 10.1 Å². The molecule has 1 heterocycles. The van der Waals surface area contributed by atoms with Crippen LogP contribution in [0.25, 0.3) is 11.3 Å². The molecule has 23 heavy (non-hydrogen) atoms. The fraction of sp³-hybridized carbons (Fsp3) is 0.0625. The van der Waals surface area contributed by atoms with Crippen LogP contribution < -0.4 is 0 Å². The zero-order chi connectivity index (χ0) is 16.2. The van der Waals surface area contributed by atoms with Crippen LogP contribution in [-0.2, 0) is 5.75 Å². The second-order valence-electron chi connectivity index (χ2n) is 4.79. The Morgan fingerprint density at radius 1 is 1.17 bits per heavy atom. The lowest BCUT2D eigenvalue weighted by Crippen LogP contribution is -1.91. The molecule has 0 amide bonds. The molecule has 0 bridgehead atoms. The Bertz CT molecular complexity index is 833. The van der Waals surface area contributed by atoms with Crippen molar-refractivity contribution in [3.05, 3.63) is 75.4 Å². The van der Waals surface area contributed by atoms with Gasteiger partial charge in [-0.1, -0.05) is 47.6 Å². The second-order valence-corrected chi connectivity index (χ2v) is 6.19. The van der Waals surface area contributed by atoms with E-state index in [0.717, 1.165) is 11.3 Å². The van der Waals surface area contributed by atoms with Gasteiger partial charge in [-0.15, -0.1) is 0 Å². The Kier molecular flexibility index (Phi) is 4.64. The normalized spacial score (nSPS) is 10.7. The van der Waals surface area contributed by atoms with Crippen LogP contribution in [-0.4, -0.2) is 14.9 Å². The molecule has 0 radical (unpaired) electrons. The van der Waals surface area contributed by atoms with Gasteiger partial charge < -0.3 is 4.98 Å². The molecule has 0 unspecified atom stereocenters. The summed E-state index contributed by atoms with van der Waals surface area (Å²) < 4.78 is 0. The summed E-state index contributed by atoms with van der Waals surface area (Å²) in [7, 11) is 0. The molecule has 1 aromatic heterocycles. The topological polar surface area (TPSA) is 71.8 Å². The third-order valence-electron chi connectivity index (χ3n) is 3.23. The van der Waals surface area contributed by atoms with E-state index < -0.39 is 4.92 Å². The first-order chi connectivity index (χ1) is 11.1. The molecule has 0 spiro atoms. The van der Waals surface area contributed by atoms with Crippen LogP contribution in [0.4, 0.5) is 5.69 Å². The number of hydrogen-bond acceptors (Lipinski definition) is 4. The number of nitro groups is 1. The highest BCUT2D eigenvalue weighted by molar-refractivity contribution is 7.98. The summed E-state index contributed by atoms with van der Waals surface area (Å²) in [6.45, 7) is 0. The molecule has 7 heteroatoms. The van der Waals surface area contributed by atoms with E-state index in [1.54, 1.807) is 24.4 Å². The number of H-pyrrole nitrogens is 1. The molecular formula is C16H12ClN3O2S. The highest BCUT2D eigenvalue weighted by Crippen LogP contribution is 2.30. The smallest absolute Gasteiger partial charge is 0.278 e. The van der Waals surface area contributed by atoms with Gasteiger partial charge in [0.05, 0.1) is 22.4 Å². The van der Waals surface area contributed by atoms with Gasteiger partial charge in [-0.05, 0) is 23.8 Å². The lowest BCUT2D eigenvalue weighted by molar-refractivity contribution is -0.384. The zero-order valence-corrected chi connectivity index (χ0v) is 13.5. The lowest BCUT2D eigenvalue weighted by Gasteiger charge is -2.00. The molecule has 0 aliphatic heterocycles. The van der Waals surface area contributed by atoms with Crippen LogP contribution in [0.3, 0.4) is 0 Å². The van der Waals surface area contributed by atoms with Crippen LogP contribution in [0.5, 0.6) is 0 Å². The van der Waals surface area contributed by atoms with Crippen molar-refractivity contribution >= 4 is 29.1 Å². The molecule has 0 fully saturated rings. The van der Waals surface area contributed by atoms with Crippen molar-refractivity contribution in [1.82, 2.24) is 9.97 Å². The molecule has 116 valence electrons. The largest absolute Gasteiger partial charge is 0.333 e. The molecular weight excluding hydrogens is 334 g/mol. The van der Waals surface area contributed by atoms with Gasteiger partial charge in [0.2, 0.25) is 0 Å². The highest BCUT2D eigenvalue weighted by atomic mass is 35.5. The van der Waals surface area contributed by atoms with Crippen molar-refractivity contribution in [2.45, 2.75) is 10.9 Å². The fourth-order valence-corrected chi connectivity index (χ4v) is 3.04.